The first-order valence-electron chi connectivity index (χ1n) is 6.80. The number of rotatable bonds is 5. The zero-order chi connectivity index (χ0) is 13.0. The molecule has 0 atom stereocenters. The smallest absolute Gasteiger partial charge is 0.0625 e. The zero-order valence-corrected chi connectivity index (χ0v) is 11.5. The summed E-state index contributed by atoms with van der Waals surface area (Å²) < 4.78 is 2.00. The number of hydrogen-bond acceptors (Lipinski definition) is 4. The van der Waals surface area contributed by atoms with Crippen molar-refractivity contribution in [2.45, 2.75) is 19.9 Å². The van der Waals surface area contributed by atoms with E-state index in [1.807, 2.05) is 11.7 Å². The topological polar surface area (TPSA) is 44.5 Å². The number of β-amino-alcohol motifs (C(OH)–C–C–N with tert-alkyl or cyclic N) is 1. The van der Waals surface area contributed by atoms with Crippen molar-refractivity contribution in [2.75, 3.05) is 39.3 Å². The average Bonchev–Trinajstić information content (AvgIpc) is 2.73. The van der Waals surface area contributed by atoms with Crippen LogP contribution in [0.25, 0.3) is 0 Å². The third-order valence-corrected chi connectivity index (χ3v) is 3.66. The van der Waals surface area contributed by atoms with Crippen molar-refractivity contribution in [3.63, 3.8) is 0 Å². The number of aromatic nitrogens is 2. The monoisotopic (exact) mass is 252 g/mol. The highest BCUT2D eigenvalue weighted by atomic mass is 16.3. The Morgan fingerprint density at radius 2 is 1.89 bits per heavy atom. The number of aliphatic hydroxyl groups excluding tert-OH is 1. The maximum absolute atomic E-state index is 8.92. The van der Waals surface area contributed by atoms with Crippen molar-refractivity contribution in [3.05, 3.63) is 17.5 Å². The largest absolute Gasteiger partial charge is 0.395 e. The first-order chi connectivity index (χ1) is 8.72. The van der Waals surface area contributed by atoms with Crippen LogP contribution in [0, 0.1) is 0 Å². The van der Waals surface area contributed by atoms with Crippen LogP contribution in [0.4, 0.5) is 0 Å². The van der Waals surface area contributed by atoms with E-state index in [9.17, 15) is 0 Å². The lowest BCUT2D eigenvalue weighted by molar-refractivity contribution is 0.107. The quantitative estimate of drug-likeness (QED) is 0.807. The molecule has 1 N–H and O–H groups in total. The summed E-state index contributed by atoms with van der Waals surface area (Å²) >= 11 is 0. The highest BCUT2D eigenvalue weighted by molar-refractivity contribution is 5.10. The molecule has 0 aliphatic carbocycles. The number of aliphatic hydroxyl groups is 1. The second-order valence-electron chi connectivity index (χ2n) is 4.95. The van der Waals surface area contributed by atoms with Gasteiger partial charge in [0.1, 0.15) is 0 Å². The van der Waals surface area contributed by atoms with Gasteiger partial charge in [0.15, 0.2) is 0 Å². The molecule has 0 saturated carbocycles. The van der Waals surface area contributed by atoms with E-state index in [1.54, 1.807) is 0 Å². The van der Waals surface area contributed by atoms with Gasteiger partial charge in [-0.2, -0.15) is 5.10 Å². The first kappa shape index (κ1) is 13.5. The van der Waals surface area contributed by atoms with Crippen LogP contribution in [0.5, 0.6) is 0 Å². The van der Waals surface area contributed by atoms with Crippen LogP contribution < -0.4 is 0 Å². The van der Waals surface area contributed by atoms with Crippen LogP contribution in [0.15, 0.2) is 6.07 Å². The molecule has 0 radical (unpaired) electrons. The van der Waals surface area contributed by atoms with Gasteiger partial charge in [0.2, 0.25) is 0 Å². The van der Waals surface area contributed by atoms with Crippen LogP contribution >= 0.6 is 0 Å². The molecule has 2 heterocycles. The third kappa shape index (κ3) is 3.31. The molecule has 1 saturated heterocycles. The highest BCUT2D eigenvalue weighted by Gasteiger charge is 2.17. The van der Waals surface area contributed by atoms with Crippen LogP contribution in [0.2, 0.25) is 0 Å². The summed E-state index contributed by atoms with van der Waals surface area (Å²) in [6.07, 6.45) is 0.998. The fraction of sp³-hybridized carbons (Fsp3) is 0.769. The van der Waals surface area contributed by atoms with E-state index in [0.717, 1.165) is 45.7 Å². The Kier molecular flexibility index (Phi) is 4.74. The summed E-state index contributed by atoms with van der Waals surface area (Å²) in [7, 11) is 2.02. The Hall–Kier alpha value is -0.910. The Balaban J connectivity index is 1.85. The fourth-order valence-electron chi connectivity index (χ4n) is 2.43. The van der Waals surface area contributed by atoms with Crippen molar-refractivity contribution < 1.29 is 5.11 Å². The van der Waals surface area contributed by atoms with Gasteiger partial charge in [0, 0.05) is 46.3 Å². The van der Waals surface area contributed by atoms with Crippen LogP contribution in [-0.2, 0) is 20.0 Å². The molecule has 1 aliphatic heterocycles. The minimum Gasteiger partial charge on any atom is -0.395 e. The molecule has 102 valence electrons. The minimum atomic E-state index is 0.265. The summed E-state index contributed by atoms with van der Waals surface area (Å²) in [6.45, 7) is 8.45. The van der Waals surface area contributed by atoms with Gasteiger partial charge in [-0.25, -0.2) is 0 Å². The van der Waals surface area contributed by atoms with E-state index >= 15 is 0 Å². The summed E-state index contributed by atoms with van der Waals surface area (Å²) in [5, 5.41) is 13.4. The molecule has 1 aromatic heterocycles. The molecule has 0 aromatic carbocycles. The maximum Gasteiger partial charge on any atom is 0.0625 e. The SMILES string of the molecule is CCc1cc(CN2CCN(CCO)CC2)n(C)n1. The van der Waals surface area contributed by atoms with E-state index in [-0.39, 0.29) is 6.61 Å². The molecule has 0 spiro atoms. The van der Waals surface area contributed by atoms with E-state index in [2.05, 4.69) is 27.9 Å². The molecule has 0 bridgehead atoms. The van der Waals surface area contributed by atoms with Gasteiger partial charge in [-0.1, -0.05) is 6.92 Å². The van der Waals surface area contributed by atoms with Gasteiger partial charge < -0.3 is 5.11 Å². The lowest BCUT2D eigenvalue weighted by Crippen LogP contribution is -2.46. The van der Waals surface area contributed by atoms with Gasteiger partial charge in [-0.15, -0.1) is 0 Å². The molecule has 1 fully saturated rings. The molecule has 0 amide bonds. The van der Waals surface area contributed by atoms with Gasteiger partial charge >= 0.3 is 0 Å². The van der Waals surface area contributed by atoms with E-state index in [1.165, 1.54) is 11.4 Å². The van der Waals surface area contributed by atoms with Crippen LogP contribution in [0.3, 0.4) is 0 Å². The Morgan fingerprint density at radius 3 is 2.44 bits per heavy atom. The van der Waals surface area contributed by atoms with Crippen molar-refractivity contribution >= 4 is 0 Å². The van der Waals surface area contributed by atoms with Gasteiger partial charge in [-0.3, -0.25) is 14.5 Å². The van der Waals surface area contributed by atoms with Crippen molar-refractivity contribution in [3.8, 4) is 0 Å². The molecular formula is C13H24N4O. The summed E-state index contributed by atoms with van der Waals surface area (Å²) in [4.78, 5) is 4.78. The summed E-state index contributed by atoms with van der Waals surface area (Å²) in [5.41, 5.74) is 2.47. The second-order valence-corrected chi connectivity index (χ2v) is 4.95. The molecule has 5 nitrogen and oxygen atoms in total. The molecular weight excluding hydrogens is 228 g/mol. The van der Waals surface area contributed by atoms with Crippen LogP contribution in [-0.4, -0.2) is 64.0 Å². The summed E-state index contributed by atoms with van der Waals surface area (Å²) in [5.74, 6) is 0. The average molecular weight is 252 g/mol. The van der Waals surface area contributed by atoms with Gasteiger partial charge in [0.05, 0.1) is 18.0 Å². The highest BCUT2D eigenvalue weighted by Crippen LogP contribution is 2.10. The lowest BCUT2D eigenvalue weighted by Gasteiger charge is -2.34. The Labute approximate surface area is 109 Å². The number of hydrogen-bond donors (Lipinski definition) is 1. The molecule has 18 heavy (non-hydrogen) atoms. The minimum absolute atomic E-state index is 0.265. The van der Waals surface area contributed by atoms with Crippen molar-refractivity contribution in [2.24, 2.45) is 7.05 Å². The zero-order valence-electron chi connectivity index (χ0n) is 11.5. The number of piperazine rings is 1. The van der Waals surface area contributed by atoms with Crippen molar-refractivity contribution in [1.29, 1.82) is 0 Å². The van der Waals surface area contributed by atoms with Crippen LogP contribution in [0.1, 0.15) is 18.3 Å². The van der Waals surface area contributed by atoms with E-state index in [0.29, 0.717) is 0 Å². The molecule has 5 heteroatoms. The van der Waals surface area contributed by atoms with E-state index in [4.69, 9.17) is 5.11 Å². The predicted octanol–water partition coefficient (Wildman–Crippen LogP) is 0.0924. The number of aryl methyl sites for hydroxylation is 2. The lowest BCUT2D eigenvalue weighted by atomic mass is 10.2. The third-order valence-electron chi connectivity index (χ3n) is 3.66. The normalized spacial score (nSPS) is 18.4. The molecule has 1 aromatic rings. The fourth-order valence-corrected chi connectivity index (χ4v) is 2.43. The Morgan fingerprint density at radius 1 is 1.22 bits per heavy atom. The molecule has 1 aliphatic rings. The molecule has 2 rings (SSSR count). The molecule has 0 unspecified atom stereocenters. The second kappa shape index (κ2) is 6.31. The van der Waals surface area contributed by atoms with Crippen molar-refractivity contribution in [1.82, 2.24) is 19.6 Å². The summed E-state index contributed by atoms with van der Waals surface area (Å²) in [6, 6.07) is 2.21. The van der Waals surface area contributed by atoms with Gasteiger partial charge in [0.25, 0.3) is 0 Å². The van der Waals surface area contributed by atoms with Gasteiger partial charge in [-0.05, 0) is 12.5 Å². The predicted molar refractivity (Wildman–Crippen MR) is 71.4 cm³/mol. The Bertz CT molecular complexity index is 369. The van der Waals surface area contributed by atoms with E-state index < -0.39 is 0 Å². The first-order valence-corrected chi connectivity index (χ1v) is 6.80. The number of nitrogens with zero attached hydrogens (tertiary/aromatic N) is 4. The maximum atomic E-state index is 8.92. The standard InChI is InChI=1S/C13H24N4O/c1-3-12-10-13(15(2)14-12)11-17-6-4-16(5-7-17)8-9-18/h10,18H,3-9,11H2,1-2H3.